The van der Waals surface area contributed by atoms with E-state index in [2.05, 4.69) is 4.98 Å². The van der Waals surface area contributed by atoms with Gasteiger partial charge in [-0.2, -0.15) is 0 Å². The van der Waals surface area contributed by atoms with Gasteiger partial charge in [0, 0.05) is 11.9 Å². The molecule has 1 aliphatic rings. The SMILES string of the molecule is F[B-](F)(F)C1CCc2cccnc21. The Bertz CT molecular complexity index is 323. The van der Waals surface area contributed by atoms with Gasteiger partial charge in [0.2, 0.25) is 0 Å². The molecule has 1 aliphatic carbocycles. The molecule has 70 valence electrons. The molecule has 2 rings (SSSR count). The number of aromatic nitrogens is 1. The van der Waals surface area contributed by atoms with Crippen molar-refractivity contribution in [2.24, 2.45) is 0 Å². The molecule has 0 aliphatic heterocycles. The predicted molar refractivity (Wildman–Crippen MR) is 44.4 cm³/mol. The molecular weight excluding hydrogens is 178 g/mol. The van der Waals surface area contributed by atoms with Crippen LogP contribution < -0.4 is 0 Å². The fourth-order valence-corrected chi connectivity index (χ4v) is 1.81. The molecule has 1 aromatic rings. The molecule has 0 amide bonds. The maximum absolute atomic E-state index is 12.5. The van der Waals surface area contributed by atoms with Gasteiger partial charge in [-0.3, -0.25) is 4.98 Å². The summed E-state index contributed by atoms with van der Waals surface area (Å²) in [4.78, 5) is 3.80. The van der Waals surface area contributed by atoms with Gasteiger partial charge in [-0.25, -0.2) is 0 Å². The molecule has 1 atom stereocenters. The number of halogens is 3. The van der Waals surface area contributed by atoms with E-state index in [0.29, 0.717) is 6.42 Å². The van der Waals surface area contributed by atoms with Crippen molar-refractivity contribution in [1.82, 2.24) is 4.98 Å². The summed E-state index contributed by atoms with van der Waals surface area (Å²) in [6, 6.07) is 3.41. The highest BCUT2D eigenvalue weighted by atomic mass is 19.4. The zero-order chi connectivity index (χ0) is 9.47. The lowest BCUT2D eigenvalue weighted by molar-refractivity contribution is 0.435. The maximum Gasteiger partial charge on any atom is 0.487 e. The van der Waals surface area contributed by atoms with Crippen LogP contribution in [0.5, 0.6) is 0 Å². The highest BCUT2D eigenvalue weighted by Crippen LogP contribution is 2.39. The van der Waals surface area contributed by atoms with Crippen molar-refractivity contribution in [2.45, 2.75) is 18.7 Å². The Morgan fingerprint density at radius 3 is 2.85 bits per heavy atom. The molecule has 13 heavy (non-hydrogen) atoms. The molecule has 1 nitrogen and oxygen atoms in total. The van der Waals surface area contributed by atoms with Crippen LogP contribution in [-0.4, -0.2) is 12.0 Å². The third-order valence-corrected chi connectivity index (χ3v) is 2.46. The smallest absolute Gasteiger partial charge is 0.448 e. The van der Waals surface area contributed by atoms with Gasteiger partial charge in [0.05, 0.1) is 0 Å². The predicted octanol–water partition coefficient (Wildman–Crippen LogP) is 2.50. The van der Waals surface area contributed by atoms with Crippen LogP contribution in [0, 0.1) is 0 Å². The molecule has 0 N–H and O–H groups in total. The molecule has 1 aromatic heterocycles. The average Bonchev–Trinajstić information content (AvgIpc) is 2.45. The lowest BCUT2D eigenvalue weighted by atomic mass is 9.71. The summed E-state index contributed by atoms with van der Waals surface area (Å²) in [6.07, 6.45) is 2.11. The second-order valence-electron chi connectivity index (χ2n) is 3.32. The Labute approximate surface area is 74.0 Å². The van der Waals surface area contributed by atoms with Crippen molar-refractivity contribution >= 4 is 6.98 Å². The summed E-state index contributed by atoms with van der Waals surface area (Å²) in [5.74, 6) is -1.28. The summed E-state index contributed by atoms with van der Waals surface area (Å²) in [7, 11) is 0. The van der Waals surface area contributed by atoms with E-state index < -0.39 is 12.8 Å². The van der Waals surface area contributed by atoms with Gasteiger partial charge >= 0.3 is 6.98 Å². The Hall–Kier alpha value is -0.995. The Kier molecular flexibility index (Phi) is 1.82. The van der Waals surface area contributed by atoms with E-state index >= 15 is 0 Å². The first-order chi connectivity index (χ1) is 6.09. The van der Waals surface area contributed by atoms with Crippen molar-refractivity contribution < 1.29 is 12.9 Å². The van der Waals surface area contributed by atoms with E-state index in [1.54, 1.807) is 12.1 Å². The normalized spacial score (nSPS) is 21.6. The fraction of sp³-hybridized carbons (Fsp3) is 0.375. The number of rotatable bonds is 1. The van der Waals surface area contributed by atoms with Crippen LogP contribution in [0.25, 0.3) is 0 Å². The van der Waals surface area contributed by atoms with Gasteiger partial charge in [-0.1, -0.05) is 12.5 Å². The second kappa shape index (κ2) is 2.75. The number of fused-ring (bicyclic) bond motifs is 1. The first-order valence-corrected chi connectivity index (χ1v) is 4.23. The number of hydrogen-bond acceptors (Lipinski definition) is 1. The zero-order valence-corrected chi connectivity index (χ0v) is 6.88. The number of nitrogens with zero attached hydrogens (tertiary/aromatic N) is 1. The fourth-order valence-electron chi connectivity index (χ4n) is 1.81. The van der Waals surface area contributed by atoms with Crippen LogP contribution >= 0.6 is 0 Å². The van der Waals surface area contributed by atoms with Crippen molar-refractivity contribution in [3.8, 4) is 0 Å². The summed E-state index contributed by atoms with van der Waals surface area (Å²) in [5.41, 5.74) is 1.00. The van der Waals surface area contributed by atoms with E-state index in [4.69, 9.17) is 0 Å². The van der Waals surface area contributed by atoms with Crippen LogP contribution in [-0.2, 0) is 6.42 Å². The minimum absolute atomic E-state index is 0.176. The van der Waals surface area contributed by atoms with Crippen LogP contribution in [0.3, 0.4) is 0 Å². The van der Waals surface area contributed by atoms with Crippen molar-refractivity contribution in [1.29, 1.82) is 0 Å². The molecule has 0 fully saturated rings. The van der Waals surface area contributed by atoms with Gasteiger partial charge < -0.3 is 12.9 Å². The Morgan fingerprint density at radius 1 is 1.38 bits per heavy atom. The van der Waals surface area contributed by atoms with Crippen LogP contribution in [0.1, 0.15) is 23.5 Å². The van der Waals surface area contributed by atoms with Gasteiger partial charge in [0.25, 0.3) is 0 Å². The van der Waals surface area contributed by atoms with E-state index in [9.17, 15) is 12.9 Å². The monoisotopic (exact) mass is 186 g/mol. The maximum atomic E-state index is 12.5. The molecule has 0 bridgehead atoms. The first-order valence-electron chi connectivity index (χ1n) is 4.23. The molecule has 5 heteroatoms. The van der Waals surface area contributed by atoms with E-state index in [0.717, 1.165) is 5.56 Å². The van der Waals surface area contributed by atoms with Crippen molar-refractivity contribution in [3.63, 3.8) is 0 Å². The molecule has 0 saturated heterocycles. The van der Waals surface area contributed by atoms with Gasteiger partial charge in [-0.05, 0) is 23.9 Å². The van der Waals surface area contributed by atoms with E-state index in [-0.39, 0.29) is 12.1 Å². The Balaban J connectivity index is 2.39. The zero-order valence-electron chi connectivity index (χ0n) is 6.88. The minimum atomic E-state index is -4.77. The first kappa shape index (κ1) is 8.60. The average molecular weight is 186 g/mol. The van der Waals surface area contributed by atoms with E-state index in [1.807, 2.05) is 0 Å². The Morgan fingerprint density at radius 2 is 2.15 bits per heavy atom. The van der Waals surface area contributed by atoms with Crippen molar-refractivity contribution in [3.05, 3.63) is 29.6 Å². The molecule has 0 saturated carbocycles. The van der Waals surface area contributed by atoms with Gasteiger partial charge in [0.15, 0.2) is 0 Å². The number of hydrogen-bond donors (Lipinski definition) is 0. The van der Waals surface area contributed by atoms with Gasteiger partial charge in [0.1, 0.15) is 0 Å². The molecule has 0 spiro atoms. The minimum Gasteiger partial charge on any atom is -0.448 e. The highest BCUT2D eigenvalue weighted by Gasteiger charge is 2.40. The van der Waals surface area contributed by atoms with Crippen LogP contribution in [0.4, 0.5) is 12.9 Å². The lowest BCUT2D eigenvalue weighted by Crippen LogP contribution is -2.25. The van der Waals surface area contributed by atoms with Crippen molar-refractivity contribution in [2.75, 3.05) is 0 Å². The van der Waals surface area contributed by atoms with Crippen LogP contribution in [0.15, 0.2) is 18.3 Å². The van der Waals surface area contributed by atoms with E-state index in [1.165, 1.54) is 6.20 Å². The lowest BCUT2D eigenvalue weighted by Gasteiger charge is -2.21. The number of aryl methyl sites for hydroxylation is 1. The molecule has 1 heterocycles. The summed E-state index contributed by atoms with van der Waals surface area (Å²) in [6.45, 7) is -4.77. The topological polar surface area (TPSA) is 12.9 Å². The summed E-state index contributed by atoms with van der Waals surface area (Å²) < 4.78 is 37.4. The summed E-state index contributed by atoms with van der Waals surface area (Å²) >= 11 is 0. The second-order valence-corrected chi connectivity index (χ2v) is 3.32. The highest BCUT2D eigenvalue weighted by molar-refractivity contribution is 6.60. The third-order valence-electron chi connectivity index (χ3n) is 2.46. The summed E-state index contributed by atoms with van der Waals surface area (Å²) in [5, 5.41) is 0. The molecule has 1 unspecified atom stereocenters. The standard InChI is InChI=1S/C8H8BF3N/c10-9(11,12)7-4-3-6-2-1-5-13-8(6)7/h1-2,5,7H,3-4H2/q-1. The molecular formula is C8H8BF3N-. The number of pyridine rings is 1. The largest absolute Gasteiger partial charge is 0.487 e. The van der Waals surface area contributed by atoms with Crippen LogP contribution in [0.2, 0.25) is 0 Å². The quantitative estimate of drug-likeness (QED) is 0.614. The molecule has 0 aromatic carbocycles. The van der Waals surface area contributed by atoms with Gasteiger partial charge in [-0.15, -0.1) is 0 Å². The third kappa shape index (κ3) is 1.43. The molecule has 0 radical (unpaired) electrons.